The van der Waals surface area contributed by atoms with Crippen LogP contribution in [-0.4, -0.2) is 25.9 Å². The number of aromatic nitrogens is 4. The standard InChI is InChI=1S/C20H15FN6O2/c21-12-7-5-11(6-8-12)16-9-14(13-3-1-2-4-15(13)24-16)18(28)29-10-17-25-19(22)27-20(23)26-17/h1-9H,10H2,(H4,22,23,25,26,27). The van der Waals surface area contributed by atoms with Crippen LogP contribution in [0.25, 0.3) is 22.2 Å². The van der Waals surface area contributed by atoms with Crippen molar-refractivity contribution in [3.8, 4) is 11.3 Å². The lowest BCUT2D eigenvalue weighted by Gasteiger charge is -2.10. The number of hydrogen-bond acceptors (Lipinski definition) is 8. The van der Waals surface area contributed by atoms with E-state index >= 15 is 0 Å². The van der Waals surface area contributed by atoms with Gasteiger partial charge in [-0.2, -0.15) is 15.0 Å². The third-order valence-electron chi connectivity index (χ3n) is 4.12. The second kappa shape index (κ2) is 7.47. The number of hydrogen-bond donors (Lipinski definition) is 2. The summed E-state index contributed by atoms with van der Waals surface area (Å²) >= 11 is 0. The minimum Gasteiger partial charge on any atom is -0.454 e. The highest BCUT2D eigenvalue weighted by Gasteiger charge is 2.16. The number of anilines is 2. The number of pyridine rings is 1. The first kappa shape index (κ1) is 18.2. The molecule has 0 unspecified atom stereocenters. The molecule has 0 aliphatic heterocycles. The normalized spacial score (nSPS) is 10.8. The molecule has 0 atom stereocenters. The van der Waals surface area contributed by atoms with Crippen LogP contribution in [0.3, 0.4) is 0 Å². The summed E-state index contributed by atoms with van der Waals surface area (Å²) in [5, 5.41) is 0.623. The average Bonchev–Trinajstić information content (AvgIpc) is 2.71. The average molecular weight is 390 g/mol. The highest BCUT2D eigenvalue weighted by molar-refractivity contribution is 6.04. The molecule has 0 amide bonds. The molecule has 0 aliphatic carbocycles. The van der Waals surface area contributed by atoms with Gasteiger partial charge in [0.05, 0.1) is 16.8 Å². The molecule has 0 aliphatic rings. The van der Waals surface area contributed by atoms with Crippen molar-refractivity contribution in [3.05, 3.63) is 71.8 Å². The largest absolute Gasteiger partial charge is 0.454 e. The lowest BCUT2D eigenvalue weighted by molar-refractivity contribution is 0.0464. The Morgan fingerprint density at radius 2 is 1.62 bits per heavy atom. The molecule has 2 aromatic carbocycles. The Labute approximate surface area is 164 Å². The maximum Gasteiger partial charge on any atom is 0.339 e. The molecule has 4 N–H and O–H groups in total. The fraction of sp³-hybridized carbons (Fsp3) is 0.0500. The Morgan fingerprint density at radius 3 is 2.34 bits per heavy atom. The number of benzene rings is 2. The molecule has 29 heavy (non-hydrogen) atoms. The number of para-hydroxylation sites is 1. The molecule has 2 heterocycles. The van der Waals surface area contributed by atoms with E-state index in [2.05, 4.69) is 19.9 Å². The van der Waals surface area contributed by atoms with E-state index < -0.39 is 5.97 Å². The second-order valence-corrected chi connectivity index (χ2v) is 6.12. The number of esters is 1. The van der Waals surface area contributed by atoms with Gasteiger partial charge in [-0.15, -0.1) is 0 Å². The minimum absolute atomic E-state index is 0.0588. The lowest BCUT2D eigenvalue weighted by Crippen LogP contribution is -2.11. The van der Waals surface area contributed by atoms with E-state index in [1.54, 1.807) is 36.4 Å². The lowest BCUT2D eigenvalue weighted by atomic mass is 10.0. The molecular weight excluding hydrogens is 375 g/mol. The Morgan fingerprint density at radius 1 is 0.931 bits per heavy atom. The van der Waals surface area contributed by atoms with Gasteiger partial charge in [-0.1, -0.05) is 18.2 Å². The SMILES string of the molecule is Nc1nc(N)nc(COC(=O)c2cc(-c3ccc(F)cc3)nc3ccccc23)n1. The number of nitrogens with zero attached hydrogens (tertiary/aromatic N) is 4. The van der Waals surface area contributed by atoms with Gasteiger partial charge in [0.15, 0.2) is 12.4 Å². The van der Waals surface area contributed by atoms with Crippen LogP contribution in [0.2, 0.25) is 0 Å². The number of carbonyl (C=O) groups is 1. The monoisotopic (exact) mass is 390 g/mol. The fourth-order valence-electron chi connectivity index (χ4n) is 2.84. The molecule has 0 spiro atoms. The van der Waals surface area contributed by atoms with Crippen molar-refractivity contribution in [1.29, 1.82) is 0 Å². The predicted molar refractivity (Wildman–Crippen MR) is 105 cm³/mol. The fourth-order valence-corrected chi connectivity index (χ4v) is 2.84. The second-order valence-electron chi connectivity index (χ2n) is 6.12. The zero-order valence-corrected chi connectivity index (χ0v) is 15.0. The molecule has 2 aromatic heterocycles. The summed E-state index contributed by atoms with van der Waals surface area (Å²) in [5.41, 5.74) is 13.2. The van der Waals surface area contributed by atoms with Gasteiger partial charge in [0.2, 0.25) is 11.9 Å². The van der Waals surface area contributed by atoms with Crippen LogP contribution < -0.4 is 11.5 Å². The summed E-state index contributed by atoms with van der Waals surface area (Å²) in [6.07, 6.45) is 0. The topological polar surface area (TPSA) is 130 Å². The van der Waals surface area contributed by atoms with Crippen molar-refractivity contribution in [2.75, 3.05) is 11.5 Å². The predicted octanol–water partition coefficient (Wildman–Crippen LogP) is 2.75. The third-order valence-corrected chi connectivity index (χ3v) is 4.12. The van der Waals surface area contributed by atoms with Gasteiger partial charge >= 0.3 is 5.97 Å². The van der Waals surface area contributed by atoms with Crippen LogP contribution in [-0.2, 0) is 11.3 Å². The zero-order valence-electron chi connectivity index (χ0n) is 15.0. The Kier molecular flexibility index (Phi) is 4.70. The van der Waals surface area contributed by atoms with Crippen molar-refractivity contribution in [2.24, 2.45) is 0 Å². The first-order chi connectivity index (χ1) is 14.0. The molecule has 0 saturated carbocycles. The number of nitrogens with two attached hydrogens (primary N) is 2. The van der Waals surface area contributed by atoms with E-state index in [9.17, 15) is 9.18 Å². The molecule has 9 heteroatoms. The van der Waals surface area contributed by atoms with Gasteiger partial charge in [0, 0.05) is 10.9 Å². The molecule has 0 fully saturated rings. The van der Waals surface area contributed by atoms with Gasteiger partial charge in [0.25, 0.3) is 0 Å². The maximum absolute atomic E-state index is 13.3. The van der Waals surface area contributed by atoms with Crippen LogP contribution in [0.4, 0.5) is 16.3 Å². The molecule has 0 radical (unpaired) electrons. The van der Waals surface area contributed by atoms with Crippen LogP contribution in [0.15, 0.2) is 54.6 Å². The maximum atomic E-state index is 13.3. The number of carbonyl (C=O) groups excluding carboxylic acids is 1. The van der Waals surface area contributed by atoms with Gasteiger partial charge < -0.3 is 16.2 Å². The van der Waals surface area contributed by atoms with Gasteiger partial charge in [-0.3, -0.25) is 0 Å². The molecule has 4 rings (SSSR count). The van der Waals surface area contributed by atoms with Gasteiger partial charge in [0.1, 0.15) is 5.82 Å². The summed E-state index contributed by atoms with van der Waals surface area (Å²) in [6.45, 7) is -0.224. The molecule has 4 aromatic rings. The number of fused-ring (bicyclic) bond motifs is 1. The highest BCUT2D eigenvalue weighted by Crippen LogP contribution is 2.26. The first-order valence-electron chi connectivity index (χ1n) is 8.58. The quantitative estimate of drug-likeness (QED) is 0.509. The van der Waals surface area contributed by atoms with Crippen molar-refractivity contribution in [1.82, 2.24) is 19.9 Å². The van der Waals surface area contributed by atoms with Crippen molar-refractivity contribution < 1.29 is 13.9 Å². The number of rotatable bonds is 4. The molecule has 0 bridgehead atoms. The van der Waals surface area contributed by atoms with Crippen LogP contribution in [0.5, 0.6) is 0 Å². The zero-order chi connectivity index (χ0) is 20.4. The van der Waals surface area contributed by atoms with E-state index in [4.69, 9.17) is 16.2 Å². The van der Waals surface area contributed by atoms with E-state index in [1.165, 1.54) is 12.1 Å². The summed E-state index contributed by atoms with van der Waals surface area (Å²) < 4.78 is 18.6. The smallest absolute Gasteiger partial charge is 0.339 e. The Bertz CT molecular complexity index is 1190. The van der Waals surface area contributed by atoms with Crippen molar-refractivity contribution in [3.63, 3.8) is 0 Å². The summed E-state index contributed by atoms with van der Waals surface area (Å²) in [5.74, 6) is -0.928. The van der Waals surface area contributed by atoms with E-state index in [1.807, 2.05) is 6.07 Å². The molecular formula is C20H15FN6O2. The minimum atomic E-state index is -0.593. The third kappa shape index (κ3) is 3.93. The van der Waals surface area contributed by atoms with Crippen molar-refractivity contribution >= 4 is 28.8 Å². The summed E-state index contributed by atoms with van der Waals surface area (Å²) in [7, 11) is 0. The van der Waals surface area contributed by atoms with Gasteiger partial charge in [-0.25, -0.2) is 14.2 Å². The first-order valence-corrected chi connectivity index (χ1v) is 8.58. The van der Waals surface area contributed by atoms with Crippen LogP contribution >= 0.6 is 0 Å². The Hall–Kier alpha value is -4.14. The van der Waals surface area contributed by atoms with E-state index in [-0.39, 0.29) is 30.1 Å². The summed E-state index contributed by atoms with van der Waals surface area (Å²) in [6, 6.07) is 14.6. The molecule has 0 saturated heterocycles. The number of nitrogen functional groups attached to an aromatic ring is 2. The number of halogens is 1. The Balaban J connectivity index is 1.69. The van der Waals surface area contributed by atoms with Crippen molar-refractivity contribution in [2.45, 2.75) is 6.61 Å². The summed E-state index contributed by atoms with van der Waals surface area (Å²) in [4.78, 5) is 28.8. The highest BCUT2D eigenvalue weighted by atomic mass is 19.1. The number of ether oxygens (including phenoxy) is 1. The van der Waals surface area contributed by atoms with E-state index in [0.717, 1.165) is 0 Å². The van der Waals surface area contributed by atoms with Gasteiger partial charge in [-0.05, 0) is 36.4 Å². The van der Waals surface area contributed by atoms with Crippen LogP contribution in [0.1, 0.15) is 16.2 Å². The molecule has 144 valence electrons. The van der Waals surface area contributed by atoms with Crippen LogP contribution in [0, 0.1) is 5.82 Å². The van der Waals surface area contributed by atoms with E-state index in [0.29, 0.717) is 27.7 Å². The molecule has 8 nitrogen and oxygen atoms in total.